The van der Waals surface area contributed by atoms with Crippen LogP contribution in [0.25, 0.3) is 9.69 Å². The van der Waals surface area contributed by atoms with E-state index in [-0.39, 0.29) is 27.5 Å². The fourth-order valence-corrected chi connectivity index (χ4v) is 2.59. The van der Waals surface area contributed by atoms with E-state index in [1.54, 1.807) is 0 Å². The van der Waals surface area contributed by atoms with Crippen molar-refractivity contribution < 1.29 is 41.1 Å². The van der Waals surface area contributed by atoms with Crippen LogP contribution in [0.2, 0.25) is 5.02 Å². The Bertz CT molecular complexity index is 1490. The SMILES string of the molecule is O=C(Cl)c1ccc(Cl)cc1F.O=S(Cl)Cl.O=S(Cl)Cl.[C-]#[N+]c1ccc(C(=O)Cl)c(F)c1.[C-]#[N+]c1ccc(C(=O)O)c(F)c1. The molecule has 0 unspecified atom stereocenters. The molecule has 0 amide bonds. The summed E-state index contributed by atoms with van der Waals surface area (Å²) in [4.78, 5) is 37.2. The summed E-state index contributed by atoms with van der Waals surface area (Å²) in [6.45, 7) is 13.1. The number of carboxylic acid groups (broad SMARTS) is 1. The Morgan fingerprint density at radius 1 is 0.651 bits per heavy atom. The molecule has 43 heavy (non-hydrogen) atoms. The van der Waals surface area contributed by atoms with Crippen molar-refractivity contribution in [1.29, 1.82) is 0 Å². The first-order valence-electron chi connectivity index (χ1n) is 9.78. The predicted octanol–water partition coefficient (Wildman–Crippen LogP) is 9.77. The van der Waals surface area contributed by atoms with E-state index >= 15 is 0 Å². The smallest absolute Gasteiger partial charge is 0.338 e. The molecule has 0 spiro atoms. The Kier molecular flexibility index (Phi) is 22.9. The second-order valence-electron chi connectivity index (χ2n) is 6.40. The van der Waals surface area contributed by atoms with Gasteiger partial charge in [0.05, 0.1) is 29.8 Å². The van der Waals surface area contributed by atoms with E-state index in [1.807, 2.05) is 0 Å². The minimum atomic E-state index is -1.67. The normalized spacial score (nSPS) is 9.16. The third kappa shape index (κ3) is 20.2. The topological polar surface area (TPSA) is 114 Å². The van der Waals surface area contributed by atoms with Gasteiger partial charge in [-0.1, -0.05) is 35.9 Å². The standard InChI is InChI=1S/C8H3ClFNO.C8H4FNO2.C7H3Cl2FO.2Cl2OS/c1-11-5-2-3-6(8(9)12)7(10)4-5;1-10-5-2-3-6(8(11)12)7(9)4-5;8-4-1-2-5(7(9)11)6(10)3-4;2*1-4(2)3/h2-4H;2-4H,(H,11,12);1-3H;;. The van der Waals surface area contributed by atoms with Crippen LogP contribution in [0.3, 0.4) is 0 Å². The Labute approximate surface area is 279 Å². The molecule has 3 aromatic carbocycles. The van der Waals surface area contributed by atoms with Gasteiger partial charge in [-0.2, -0.15) is 0 Å². The molecule has 0 bridgehead atoms. The molecule has 0 fully saturated rings. The van der Waals surface area contributed by atoms with Gasteiger partial charge >= 0.3 is 5.97 Å². The maximum Gasteiger partial charge on any atom is 0.338 e. The molecule has 0 atom stereocenters. The van der Waals surface area contributed by atoms with Crippen LogP contribution in [0.5, 0.6) is 0 Å². The van der Waals surface area contributed by atoms with Gasteiger partial charge in [0.25, 0.3) is 10.5 Å². The number of nitrogens with zero attached hydrogens (tertiary/aromatic N) is 2. The largest absolute Gasteiger partial charge is 0.478 e. The number of rotatable bonds is 3. The highest BCUT2D eigenvalue weighted by Gasteiger charge is 2.10. The second-order valence-corrected chi connectivity index (χ2v) is 12.6. The summed E-state index contributed by atoms with van der Waals surface area (Å²) in [6, 6.07) is 10.4. The molecule has 0 heterocycles. The van der Waals surface area contributed by atoms with Crippen LogP contribution in [-0.2, 0) is 18.5 Å². The minimum absolute atomic E-state index is 0.0949. The van der Waals surface area contributed by atoms with Crippen molar-refractivity contribution in [3.8, 4) is 0 Å². The summed E-state index contributed by atoms with van der Waals surface area (Å²) in [7, 11) is 14.7. The lowest BCUT2D eigenvalue weighted by molar-refractivity contribution is 0.0691. The van der Waals surface area contributed by atoms with Crippen molar-refractivity contribution in [3.05, 3.63) is 117 Å². The molecule has 0 saturated heterocycles. The summed E-state index contributed by atoms with van der Waals surface area (Å²) >= 11 is 15.5. The number of benzene rings is 3. The number of carboxylic acids is 1. The molecular formula is C23H10Cl7F3N2O6S2. The van der Waals surface area contributed by atoms with Crippen LogP contribution in [0.1, 0.15) is 31.1 Å². The molecule has 8 nitrogen and oxygen atoms in total. The van der Waals surface area contributed by atoms with Crippen molar-refractivity contribution in [3.63, 3.8) is 0 Å². The van der Waals surface area contributed by atoms with Gasteiger partial charge in [0.1, 0.15) is 17.5 Å². The number of hydrogen-bond acceptors (Lipinski definition) is 5. The van der Waals surface area contributed by atoms with E-state index in [2.05, 4.69) is 52.4 Å². The van der Waals surface area contributed by atoms with Crippen LogP contribution >= 0.6 is 77.5 Å². The molecule has 0 aliphatic rings. The van der Waals surface area contributed by atoms with E-state index in [0.29, 0.717) is 0 Å². The first kappa shape index (κ1) is 42.7. The van der Waals surface area contributed by atoms with E-state index in [9.17, 15) is 27.6 Å². The predicted molar refractivity (Wildman–Crippen MR) is 164 cm³/mol. The Morgan fingerprint density at radius 2 is 0.953 bits per heavy atom. The number of carbonyl (C=O) groups is 3. The second kappa shape index (κ2) is 23.0. The van der Waals surface area contributed by atoms with Gasteiger partial charge in [-0.3, -0.25) is 9.59 Å². The molecule has 20 heteroatoms. The summed E-state index contributed by atoms with van der Waals surface area (Å²) < 4.78 is 56.5. The third-order valence-electron chi connectivity index (χ3n) is 3.75. The highest BCUT2D eigenvalue weighted by molar-refractivity contribution is 8.27. The average Bonchev–Trinajstić information content (AvgIpc) is 2.88. The van der Waals surface area contributed by atoms with Crippen LogP contribution in [0.15, 0.2) is 54.6 Å². The Morgan fingerprint density at radius 3 is 1.21 bits per heavy atom. The summed E-state index contributed by atoms with van der Waals surface area (Å²) in [5.74, 6) is -3.67. The Balaban J connectivity index is 0. The highest BCUT2D eigenvalue weighted by Crippen LogP contribution is 2.19. The molecule has 0 radical (unpaired) electrons. The quantitative estimate of drug-likeness (QED) is 0.209. The molecule has 0 saturated carbocycles. The van der Waals surface area contributed by atoms with E-state index in [4.69, 9.17) is 61.5 Å². The van der Waals surface area contributed by atoms with Gasteiger partial charge in [-0.05, 0) is 53.5 Å². The third-order valence-corrected chi connectivity index (χ3v) is 4.39. The highest BCUT2D eigenvalue weighted by atomic mass is 36.0. The van der Waals surface area contributed by atoms with Crippen molar-refractivity contribution in [1.82, 2.24) is 0 Å². The lowest BCUT2D eigenvalue weighted by Gasteiger charge is -1.95. The Hall–Kier alpha value is -2.43. The van der Waals surface area contributed by atoms with E-state index in [0.717, 1.165) is 24.3 Å². The van der Waals surface area contributed by atoms with Crippen LogP contribution in [-0.4, -0.2) is 30.0 Å². The summed E-state index contributed by atoms with van der Waals surface area (Å²) in [5, 5.41) is 6.97. The van der Waals surface area contributed by atoms with Crippen molar-refractivity contribution in [2.24, 2.45) is 0 Å². The van der Waals surface area contributed by atoms with Crippen LogP contribution < -0.4 is 0 Å². The molecule has 230 valence electrons. The summed E-state index contributed by atoms with van der Waals surface area (Å²) in [6.07, 6.45) is 0. The molecule has 1 N–H and O–H groups in total. The number of carbonyl (C=O) groups excluding carboxylic acids is 2. The fourth-order valence-electron chi connectivity index (χ4n) is 2.13. The van der Waals surface area contributed by atoms with Gasteiger partial charge in [-0.15, -0.1) is 0 Å². The molecule has 3 rings (SSSR count). The maximum atomic E-state index is 12.8. The van der Waals surface area contributed by atoms with Crippen molar-refractivity contribution >= 4 is 124 Å². The molecule has 3 aromatic rings. The maximum absolute atomic E-state index is 12.8. The van der Waals surface area contributed by atoms with Gasteiger partial charge in [0.15, 0.2) is 11.4 Å². The molecule has 0 aliphatic heterocycles. The lowest BCUT2D eigenvalue weighted by Crippen LogP contribution is -1.99. The molecule has 0 aromatic heterocycles. The number of halogens is 10. The van der Waals surface area contributed by atoms with Gasteiger partial charge in [-0.25, -0.2) is 36.1 Å². The minimum Gasteiger partial charge on any atom is -0.478 e. The monoisotopic (exact) mass is 776 g/mol. The van der Waals surface area contributed by atoms with Crippen LogP contribution in [0.4, 0.5) is 24.5 Å². The van der Waals surface area contributed by atoms with Crippen molar-refractivity contribution in [2.45, 2.75) is 0 Å². The zero-order chi connectivity index (χ0) is 33.9. The average molecular weight is 780 g/mol. The van der Waals surface area contributed by atoms with Crippen molar-refractivity contribution in [2.75, 3.05) is 0 Å². The van der Waals surface area contributed by atoms with Crippen LogP contribution in [0, 0.1) is 30.6 Å². The zero-order valence-corrected chi connectivity index (χ0v) is 27.1. The van der Waals surface area contributed by atoms with Gasteiger partial charge in [0.2, 0.25) is 18.5 Å². The number of aromatic carboxylic acids is 1. The first-order valence-corrected chi connectivity index (χ1v) is 16.5. The van der Waals surface area contributed by atoms with Gasteiger partial charge < -0.3 is 5.11 Å². The van der Waals surface area contributed by atoms with E-state index in [1.165, 1.54) is 30.3 Å². The lowest BCUT2D eigenvalue weighted by atomic mass is 10.2. The fraction of sp³-hybridized carbons (Fsp3) is 0. The first-order chi connectivity index (χ1) is 19.9. The zero-order valence-electron chi connectivity index (χ0n) is 20.2. The number of hydrogen-bond donors (Lipinski definition) is 1. The molecular weight excluding hydrogens is 770 g/mol. The van der Waals surface area contributed by atoms with Gasteiger partial charge in [0, 0.05) is 47.8 Å². The summed E-state index contributed by atoms with van der Waals surface area (Å²) in [5.41, 5.74) is -0.533. The van der Waals surface area contributed by atoms with E-state index < -0.39 is 57.9 Å². The molecule has 0 aliphatic carbocycles.